The van der Waals surface area contributed by atoms with Gasteiger partial charge in [0, 0.05) is 11.8 Å². The second-order valence-corrected chi connectivity index (χ2v) is 11.6. The first kappa shape index (κ1) is 24.9. The van der Waals surface area contributed by atoms with Crippen molar-refractivity contribution < 1.29 is 0 Å². The molecule has 0 heteroatoms. The first-order valence-corrected chi connectivity index (χ1v) is 14.8. The van der Waals surface area contributed by atoms with Crippen molar-refractivity contribution in [2.75, 3.05) is 0 Å². The zero-order valence-corrected chi connectivity index (χ0v) is 23.5. The first-order chi connectivity index (χ1) is 19.7. The van der Waals surface area contributed by atoms with Gasteiger partial charge in [0.05, 0.1) is 0 Å². The Labute approximate surface area is 238 Å². The normalized spacial score (nSPS) is 21.9. The van der Waals surface area contributed by atoms with Gasteiger partial charge in [-0.2, -0.15) is 0 Å². The van der Waals surface area contributed by atoms with E-state index >= 15 is 0 Å². The predicted molar refractivity (Wildman–Crippen MR) is 172 cm³/mol. The summed E-state index contributed by atoms with van der Waals surface area (Å²) in [6.45, 7) is 4.74. The van der Waals surface area contributed by atoms with E-state index in [1.54, 1.807) is 0 Å². The van der Waals surface area contributed by atoms with E-state index in [1.165, 1.54) is 60.9 Å². The van der Waals surface area contributed by atoms with Crippen LogP contribution in [0.25, 0.3) is 33.0 Å². The molecule has 4 aromatic rings. The molecule has 0 aliphatic heterocycles. The molecule has 3 aliphatic rings. The van der Waals surface area contributed by atoms with E-state index in [0.717, 1.165) is 19.3 Å². The Morgan fingerprint density at radius 3 is 2.27 bits per heavy atom. The number of hydrogen-bond donors (Lipinski definition) is 0. The van der Waals surface area contributed by atoms with E-state index in [0.29, 0.717) is 17.8 Å². The molecule has 0 saturated carbocycles. The predicted octanol–water partition coefficient (Wildman–Crippen LogP) is 10.9. The number of benzene rings is 4. The maximum Gasteiger partial charge on any atom is 0.0159 e. The minimum absolute atomic E-state index is 0.349. The van der Waals surface area contributed by atoms with Crippen LogP contribution in [0.15, 0.2) is 133 Å². The average Bonchev–Trinajstić information content (AvgIpc) is 3.01. The Morgan fingerprint density at radius 1 is 0.700 bits per heavy atom. The number of fused-ring (bicyclic) bond motifs is 2. The summed E-state index contributed by atoms with van der Waals surface area (Å²) < 4.78 is 0. The fourth-order valence-electron chi connectivity index (χ4n) is 7.33. The van der Waals surface area contributed by atoms with Crippen LogP contribution in [0, 0.1) is 18.8 Å². The van der Waals surface area contributed by atoms with Crippen LogP contribution in [0.5, 0.6) is 0 Å². The Kier molecular flexibility index (Phi) is 6.48. The molecule has 7 rings (SSSR count). The highest BCUT2D eigenvalue weighted by atomic mass is 14.4. The van der Waals surface area contributed by atoms with E-state index in [-0.39, 0.29) is 0 Å². The molecular formula is C40H36. The number of rotatable bonds is 4. The molecule has 0 radical (unpaired) electrons. The summed E-state index contributed by atoms with van der Waals surface area (Å²) in [5, 5.41) is 2.68. The van der Waals surface area contributed by atoms with Gasteiger partial charge in [0.1, 0.15) is 0 Å². The minimum atomic E-state index is 0.349. The highest BCUT2D eigenvalue weighted by Crippen LogP contribution is 2.51. The van der Waals surface area contributed by atoms with Gasteiger partial charge in [0.2, 0.25) is 0 Å². The van der Waals surface area contributed by atoms with E-state index in [9.17, 15) is 0 Å². The number of allylic oxidation sites excluding steroid dienone is 10. The fourth-order valence-corrected chi connectivity index (χ4v) is 7.33. The summed E-state index contributed by atoms with van der Waals surface area (Å²) >= 11 is 0. The summed E-state index contributed by atoms with van der Waals surface area (Å²) in [7, 11) is 0. The molecule has 3 atom stereocenters. The van der Waals surface area contributed by atoms with Crippen molar-refractivity contribution >= 4 is 21.9 Å². The second-order valence-electron chi connectivity index (χ2n) is 11.6. The van der Waals surface area contributed by atoms with Crippen molar-refractivity contribution in [1.82, 2.24) is 0 Å². The van der Waals surface area contributed by atoms with Crippen LogP contribution in [0.2, 0.25) is 0 Å². The molecule has 0 spiro atoms. The molecule has 0 amide bonds. The summed E-state index contributed by atoms with van der Waals surface area (Å²) in [6.07, 6.45) is 20.0. The zero-order chi connectivity index (χ0) is 27.1. The molecule has 0 saturated heterocycles. The van der Waals surface area contributed by atoms with Gasteiger partial charge in [0.15, 0.2) is 0 Å². The second kappa shape index (κ2) is 10.4. The summed E-state index contributed by atoms with van der Waals surface area (Å²) in [6, 6.07) is 31.5. The molecular weight excluding hydrogens is 480 g/mol. The average molecular weight is 517 g/mol. The molecule has 0 bridgehead atoms. The molecule has 3 unspecified atom stereocenters. The van der Waals surface area contributed by atoms with E-state index in [2.05, 4.69) is 141 Å². The summed E-state index contributed by atoms with van der Waals surface area (Å²) in [4.78, 5) is 0. The van der Waals surface area contributed by atoms with Crippen molar-refractivity contribution in [3.63, 3.8) is 0 Å². The van der Waals surface area contributed by atoms with Crippen LogP contribution in [0.3, 0.4) is 0 Å². The molecule has 0 N–H and O–H groups in total. The third-order valence-corrected chi connectivity index (χ3v) is 9.08. The first-order valence-electron chi connectivity index (χ1n) is 14.8. The van der Waals surface area contributed by atoms with Crippen LogP contribution in [-0.2, 0) is 0 Å². The lowest BCUT2D eigenvalue weighted by Crippen LogP contribution is -2.21. The van der Waals surface area contributed by atoms with Crippen LogP contribution in [0.4, 0.5) is 0 Å². The lowest BCUT2D eigenvalue weighted by atomic mass is 9.67. The van der Waals surface area contributed by atoms with Crippen molar-refractivity contribution in [3.05, 3.63) is 155 Å². The highest BCUT2D eigenvalue weighted by molar-refractivity contribution is 6.06. The third kappa shape index (κ3) is 4.23. The van der Waals surface area contributed by atoms with Crippen molar-refractivity contribution in [2.24, 2.45) is 11.8 Å². The molecule has 4 aromatic carbocycles. The smallest absolute Gasteiger partial charge is 0.0159 e. The molecule has 0 nitrogen and oxygen atoms in total. The van der Waals surface area contributed by atoms with Crippen LogP contribution in [-0.4, -0.2) is 0 Å². The topological polar surface area (TPSA) is 0 Å². The van der Waals surface area contributed by atoms with Gasteiger partial charge in [-0.1, -0.05) is 134 Å². The lowest BCUT2D eigenvalue weighted by Gasteiger charge is -2.37. The molecule has 0 fully saturated rings. The number of hydrogen-bond acceptors (Lipinski definition) is 0. The summed E-state index contributed by atoms with van der Waals surface area (Å²) in [5.74, 6) is 1.23. The quantitative estimate of drug-likeness (QED) is 0.253. The van der Waals surface area contributed by atoms with Gasteiger partial charge < -0.3 is 0 Å². The molecule has 0 heterocycles. The van der Waals surface area contributed by atoms with Gasteiger partial charge in [-0.15, -0.1) is 0 Å². The van der Waals surface area contributed by atoms with E-state index in [1.807, 2.05) is 0 Å². The highest BCUT2D eigenvalue weighted by Gasteiger charge is 2.34. The van der Waals surface area contributed by atoms with Crippen LogP contribution < -0.4 is 0 Å². The van der Waals surface area contributed by atoms with Crippen LogP contribution in [0.1, 0.15) is 54.4 Å². The monoisotopic (exact) mass is 516 g/mol. The Balaban J connectivity index is 1.37. The van der Waals surface area contributed by atoms with Crippen molar-refractivity contribution in [3.8, 4) is 11.1 Å². The SMILES string of the molecule is Cc1cc(-c2ccccc2)c2ccccc2c1C1=CCCC=C1C1c2ccccc2C(C2C=CC=CC2)=CC1C. The Hall–Kier alpha value is -4.16. The fraction of sp³-hybridized carbons (Fsp3) is 0.200. The van der Waals surface area contributed by atoms with E-state index in [4.69, 9.17) is 0 Å². The largest absolute Gasteiger partial charge is 0.0836 e. The van der Waals surface area contributed by atoms with Gasteiger partial charge in [-0.3, -0.25) is 0 Å². The molecule has 3 aliphatic carbocycles. The maximum absolute atomic E-state index is 2.58. The van der Waals surface area contributed by atoms with Crippen molar-refractivity contribution in [2.45, 2.75) is 39.0 Å². The Morgan fingerprint density at radius 2 is 1.45 bits per heavy atom. The third-order valence-electron chi connectivity index (χ3n) is 9.08. The van der Waals surface area contributed by atoms with Crippen LogP contribution >= 0.6 is 0 Å². The molecule has 0 aromatic heterocycles. The molecule has 40 heavy (non-hydrogen) atoms. The van der Waals surface area contributed by atoms with Gasteiger partial charge in [-0.05, 0) is 93.0 Å². The Bertz CT molecular complexity index is 1740. The van der Waals surface area contributed by atoms with Gasteiger partial charge in [0.25, 0.3) is 0 Å². The van der Waals surface area contributed by atoms with E-state index < -0.39 is 0 Å². The minimum Gasteiger partial charge on any atom is -0.0836 e. The molecule has 196 valence electrons. The zero-order valence-electron chi connectivity index (χ0n) is 23.5. The van der Waals surface area contributed by atoms with Gasteiger partial charge in [-0.25, -0.2) is 0 Å². The standard InChI is InChI=1S/C40H36/c1-27-25-37(29-15-5-3-6-16-29)31-19-9-11-21-33(31)39(27)35-23-13-14-24-36(35)40-28(2)26-38(30-17-7-4-8-18-30)32-20-10-12-22-34(32)40/h3-12,15-17,19-26,28,30,40H,13-14,18H2,1-2H3. The lowest BCUT2D eigenvalue weighted by molar-refractivity contribution is 0.605. The van der Waals surface area contributed by atoms with Crippen molar-refractivity contribution in [1.29, 1.82) is 0 Å². The maximum atomic E-state index is 2.58. The van der Waals surface area contributed by atoms with Gasteiger partial charge >= 0.3 is 0 Å². The summed E-state index contributed by atoms with van der Waals surface area (Å²) in [5.41, 5.74) is 12.7. The number of aryl methyl sites for hydroxylation is 1.